The van der Waals surface area contributed by atoms with Gasteiger partial charge in [0.15, 0.2) is 5.69 Å². The topological polar surface area (TPSA) is 67.7 Å². The van der Waals surface area contributed by atoms with Gasteiger partial charge in [-0.25, -0.2) is 4.68 Å². The smallest absolute Gasteiger partial charge is 0.275 e. The molecule has 1 saturated heterocycles. The van der Waals surface area contributed by atoms with Crippen molar-refractivity contribution in [3.63, 3.8) is 0 Å². The lowest BCUT2D eigenvalue weighted by molar-refractivity contribution is 0.0740. The van der Waals surface area contributed by atoms with Crippen molar-refractivity contribution in [2.45, 2.75) is 20.4 Å². The molecule has 0 atom stereocenters. The monoisotopic (exact) mass is 406 g/mol. The number of aryl methyl sites for hydroxylation is 1. The summed E-state index contributed by atoms with van der Waals surface area (Å²) in [5, 5.41) is 5.53. The number of anilines is 1. The number of piperazine rings is 1. The van der Waals surface area contributed by atoms with Crippen LogP contribution in [0.3, 0.4) is 0 Å². The first-order chi connectivity index (χ1) is 14.6. The maximum Gasteiger partial charge on any atom is 0.275 e. The van der Waals surface area contributed by atoms with Gasteiger partial charge in [-0.05, 0) is 32.0 Å². The lowest BCUT2D eigenvalue weighted by atomic mass is 10.1. The SMILES string of the molecule is CCOc1ccccc1N1CCN(C(=O)c2nn(CC)c(=O)c3ccccc23)CC1. The number of carbonyl (C=O) groups excluding carboxylic acids is 1. The van der Waals surface area contributed by atoms with E-state index in [0.717, 1.165) is 11.4 Å². The number of fused-ring (bicyclic) bond motifs is 1. The van der Waals surface area contributed by atoms with Crippen LogP contribution in [0.1, 0.15) is 24.3 Å². The Kier molecular flexibility index (Phi) is 5.70. The second-order valence-corrected chi connectivity index (χ2v) is 7.20. The van der Waals surface area contributed by atoms with E-state index in [1.165, 1.54) is 4.68 Å². The first-order valence-corrected chi connectivity index (χ1v) is 10.4. The van der Waals surface area contributed by atoms with Crippen molar-refractivity contribution in [1.29, 1.82) is 0 Å². The van der Waals surface area contributed by atoms with E-state index in [1.807, 2.05) is 49.1 Å². The summed E-state index contributed by atoms with van der Waals surface area (Å²) in [6.45, 7) is 7.45. The summed E-state index contributed by atoms with van der Waals surface area (Å²) >= 11 is 0. The van der Waals surface area contributed by atoms with Gasteiger partial charge in [0.2, 0.25) is 0 Å². The number of aromatic nitrogens is 2. The molecule has 1 aromatic heterocycles. The number of rotatable bonds is 5. The van der Waals surface area contributed by atoms with Crippen LogP contribution >= 0.6 is 0 Å². The number of ether oxygens (including phenoxy) is 1. The highest BCUT2D eigenvalue weighted by molar-refractivity contribution is 6.04. The Morgan fingerprint density at radius 1 is 0.967 bits per heavy atom. The molecule has 0 N–H and O–H groups in total. The van der Waals surface area contributed by atoms with Gasteiger partial charge in [0.25, 0.3) is 11.5 Å². The Morgan fingerprint density at radius 2 is 1.63 bits per heavy atom. The fraction of sp³-hybridized carbons (Fsp3) is 0.348. The Morgan fingerprint density at radius 3 is 2.33 bits per heavy atom. The van der Waals surface area contributed by atoms with Gasteiger partial charge in [0.1, 0.15) is 5.75 Å². The van der Waals surface area contributed by atoms with Crippen molar-refractivity contribution in [3.8, 4) is 5.75 Å². The first-order valence-electron chi connectivity index (χ1n) is 10.4. The number of benzene rings is 2. The number of carbonyl (C=O) groups is 1. The van der Waals surface area contributed by atoms with Gasteiger partial charge in [0, 0.05) is 38.1 Å². The molecule has 0 spiro atoms. The van der Waals surface area contributed by atoms with Gasteiger partial charge < -0.3 is 14.5 Å². The van der Waals surface area contributed by atoms with Crippen molar-refractivity contribution >= 4 is 22.4 Å². The number of amides is 1. The van der Waals surface area contributed by atoms with Gasteiger partial charge in [-0.1, -0.05) is 30.3 Å². The molecule has 1 amide bonds. The van der Waals surface area contributed by atoms with Crippen LogP contribution in [0.5, 0.6) is 5.75 Å². The number of hydrogen-bond acceptors (Lipinski definition) is 5. The third-order valence-corrected chi connectivity index (χ3v) is 5.44. The summed E-state index contributed by atoms with van der Waals surface area (Å²) in [4.78, 5) is 29.9. The highest BCUT2D eigenvalue weighted by Crippen LogP contribution is 2.29. The third kappa shape index (κ3) is 3.63. The first kappa shape index (κ1) is 19.9. The van der Waals surface area contributed by atoms with E-state index < -0.39 is 0 Å². The molecule has 0 bridgehead atoms. The van der Waals surface area contributed by atoms with Gasteiger partial charge in [-0.3, -0.25) is 9.59 Å². The van der Waals surface area contributed by atoms with E-state index in [0.29, 0.717) is 55.8 Å². The molecular formula is C23H26N4O3. The van der Waals surface area contributed by atoms with E-state index in [9.17, 15) is 9.59 Å². The predicted octanol–water partition coefficient (Wildman–Crippen LogP) is 2.78. The van der Waals surface area contributed by atoms with E-state index in [-0.39, 0.29) is 11.5 Å². The minimum Gasteiger partial charge on any atom is -0.492 e. The fourth-order valence-corrected chi connectivity index (χ4v) is 3.90. The lowest BCUT2D eigenvalue weighted by Crippen LogP contribution is -2.49. The predicted molar refractivity (Wildman–Crippen MR) is 117 cm³/mol. The van der Waals surface area contributed by atoms with E-state index in [1.54, 1.807) is 12.1 Å². The summed E-state index contributed by atoms with van der Waals surface area (Å²) in [5.74, 6) is 0.730. The van der Waals surface area contributed by atoms with Crippen molar-refractivity contribution < 1.29 is 9.53 Å². The minimum atomic E-state index is -0.165. The summed E-state index contributed by atoms with van der Waals surface area (Å²) < 4.78 is 7.12. The van der Waals surface area contributed by atoms with Crippen LogP contribution in [0.25, 0.3) is 10.8 Å². The molecule has 1 aliphatic rings. The van der Waals surface area contributed by atoms with Crippen LogP contribution in [-0.2, 0) is 6.54 Å². The Hall–Kier alpha value is -3.35. The molecule has 156 valence electrons. The van der Waals surface area contributed by atoms with Crippen LogP contribution in [0, 0.1) is 0 Å². The maximum absolute atomic E-state index is 13.3. The highest BCUT2D eigenvalue weighted by Gasteiger charge is 2.26. The summed E-state index contributed by atoms with van der Waals surface area (Å²) in [7, 11) is 0. The number of para-hydroxylation sites is 2. The molecule has 0 aliphatic carbocycles. The molecule has 2 heterocycles. The number of hydrogen-bond donors (Lipinski definition) is 0. The standard InChI is InChI=1S/C23H26N4O3/c1-3-27-22(28)18-10-6-5-9-17(18)21(24-27)23(29)26-15-13-25(14-16-26)19-11-7-8-12-20(19)30-4-2/h5-12H,3-4,13-16H2,1-2H3. The average molecular weight is 406 g/mol. The van der Waals surface area contributed by atoms with Crippen molar-refractivity contribution in [2.24, 2.45) is 0 Å². The van der Waals surface area contributed by atoms with E-state index in [4.69, 9.17) is 4.74 Å². The normalized spacial score (nSPS) is 14.2. The molecule has 1 aliphatic heterocycles. The largest absolute Gasteiger partial charge is 0.492 e. The van der Waals surface area contributed by atoms with Crippen molar-refractivity contribution in [1.82, 2.24) is 14.7 Å². The minimum absolute atomic E-state index is 0.133. The van der Waals surface area contributed by atoms with Gasteiger partial charge in [0.05, 0.1) is 17.7 Å². The summed E-state index contributed by atoms with van der Waals surface area (Å²) in [5.41, 5.74) is 1.23. The Bertz CT molecular complexity index is 1120. The van der Waals surface area contributed by atoms with Gasteiger partial charge in [-0.15, -0.1) is 0 Å². The van der Waals surface area contributed by atoms with Gasteiger partial charge in [-0.2, -0.15) is 5.10 Å². The zero-order valence-electron chi connectivity index (χ0n) is 17.4. The summed E-state index contributed by atoms with van der Waals surface area (Å²) in [6.07, 6.45) is 0. The van der Waals surface area contributed by atoms with Crippen LogP contribution in [0.15, 0.2) is 53.3 Å². The van der Waals surface area contributed by atoms with Crippen molar-refractivity contribution in [2.75, 3.05) is 37.7 Å². The molecule has 0 radical (unpaired) electrons. The molecular weight excluding hydrogens is 380 g/mol. The van der Waals surface area contributed by atoms with E-state index in [2.05, 4.69) is 16.1 Å². The summed E-state index contributed by atoms with van der Waals surface area (Å²) in [6, 6.07) is 15.2. The molecule has 2 aromatic carbocycles. The average Bonchev–Trinajstić information content (AvgIpc) is 2.80. The Balaban J connectivity index is 1.57. The second kappa shape index (κ2) is 8.57. The molecule has 7 heteroatoms. The lowest BCUT2D eigenvalue weighted by Gasteiger charge is -2.36. The molecule has 7 nitrogen and oxygen atoms in total. The third-order valence-electron chi connectivity index (χ3n) is 5.44. The fourth-order valence-electron chi connectivity index (χ4n) is 3.90. The highest BCUT2D eigenvalue weighted by atomic mass is 16.5. The van der Waals surface area contributed by atoms with Crippen LogP contribution in [0.2, 0.25) is 0 Å². The Labute approximate surface area is 175 Å². The number of nitrogens with zero attached hydrogens (tertiary/aromatic N) is 4. The van der Waals surface area contributed by atoms with Crippen LogP contribution < -0.4 is 15.2 Å². The van der Waals surface area contributed by atoms with Crippen molar-refractivity contribution in [3.05, 3.63) is 64.6 Å². The second-order valence-electron chi connectivity index (χ2n) is 7.20. The molecule has 3 aromatic rings. The van der Waals surface area contributed by atoms with E-state index >= 15 is 0 Å². The molecule has 1 fully saturated rings. The maximum atomic E-state index is 13.3. The zero-order chi connectivity index (χ0) is 21.1. The molecule has 30 heavy (non-hydrogen) atoms. The molecule has 4 rings (SSSR count). The quantitative estimate of drug-likeness (QED) is 0.652. The molecule has 0 saturated carbocycles. The van der Waals surface area contributed by atoms with Gasteiger partial charge >= 0.3 is 0 Å². The zero-order valence-corrected chi connectivity index (χ0v) is 17.4. The van der Waals surface area contributed by atoms with Crippen LogP contribution in [-0.4, -0.2) is 53.4 Å². The molecule has 0 unspecified atom stereocenters. The van der Waals surface area contributed by atoms with Crippen LogP contribution in [0.4, 0.5) is 5.69 Å².